The number of rotatable bonds is 1. The molecule has 1 aliphatic rings. The normalized spacial score (nSPS) is 15.5. The van der Waals surface area contributed by atoms with Gasteiger partial charge in [0.25, 0.3) is 5.91 Å². The Labute approximate surface area is 65.2 Å². The summed E-state index contributed by atoms with van der Waals surface area (Å²) in [4.78, 5) is 10.9. The van der Waals surface area contributed by atoms with Crippen LogP contribution in [0, 0.1) is 0 Å². The molecule has 0 radical (unpaired) electrons. The zero-order valence-corrected chi connectivity index (χ0v) is 6.08. The number of amides is 1. The molecule has 1 rings (SSSR count). The maximum atomic E-state index is 10.9. The third-order valence-corrected chi connectivity index (χ3v) is 1.37. The van der Waals surface area contributed by atoms with Crippen LogP contribution in [0.3, 0.4) is 0 Å². The lowest BCUT2D eigenvalue weighted by atomic mass is 10.2. The van der Waals surface area contributed by atoms with Gasteiger partial charge in [-0.1, -0.05) is 24.3 Å². The lowest BCUT2D eigenvalue weighted by Gasteiger charge is -1.96. The van der Waals surface area contributed by atoms with E-state index in [9.17, 15) is 4.79 Å². The summed E-state index contributed by atoms with van der Waals surface area (Å²) in [5.41, 5.74) is 2.65. The molecule has 0 aromatic heterocycles. The molecule has 0 aromatic rings. The van der Waals surface area contributed by atoms with Crippen molar-refractivity contribution < 1.29 is 4.79 Å². The minimum absolute atomic E-state index is 0.257. The van der Waals surface area contributed by atoms with Gasteiger partial charge < -0.3 is 0 Å². The van der Waals surface area contributed by atoms with Gasteiger partial charge in [-0.15, -0.1) is 0 Å². The Balaban J connectivity index is 2.77. The molecule has 0 unspecified atom stereocenters. The van der Waals surface area contributed by atoms with E-state index in [1.807, 2.05) is 18.2 Å². The predicted molar refractivity (Wildman–Crippen MR) is 43.3 cm³/mol. The van der Waals surface area contributed by atoms with Crippen LogP contribution < -0.4 is 11.3 Å². The Kier molecular flexibility index (Phi) is 2.63. The molecule has 1 aliphatic carbocycles. The van der Waals surface area contributed by atoms with Crippen molar-refractivity contribution >= 4 is 5.91 Å². The number of carbonyl (C=O) groups excluding carboxylic acids is 1. The fraction of sp³-hybridized carbons (Fsp3) is 0.125. The van der Waals surface area contributed by atoms with E-state index in [-0.39, 0.29) is 5.91 Å². The molecule has 3 nitrogen and oxygen atoms in total. The van der Waals surface area contributed by atoms with Crippen molar-refractivity contribution in [1.29, 1.82) is 0 Å². The van der Waals surface area contributed by atoms with Crippen molar-refractivity contribution in [2.75, 3.05) is 0 Å². The average molecular weight is 150 g/mol. The Bertz CT molecular complexity index is 238. The molecular weight excluding hydrogens is 140 g/mol. The van der Waals surface area contributed by atoms with E-state index in [0.29, 0.717) is 5.57 Å². The van der Waals surface area contributed by atoms with Crippen LogP contribution in [0.5, 0.6) is 0 Å². The molecule has 0 aliphatic heterocycles. The summed E-state index contributed by atoms with van der Waals surface area (Å²) in [5.74, 6) is 4.70. The summed E-state index contributed by atoms with van der Waals surface area (Å²) in [6.45, 7) is 0. The van der Waals surface area contributed by atoms with E-state index >= 15 is 0 Å². The van der Waals surface area contributed by atoms with Crippen molar-refractivity contribution in [1.82, 2.24) is 5.43 Å². The molecule has 0 aromatic carbocycles. The van der Waals surface area contributed by atoms with Crippen molar-refractivity contribution in [3.63, 3.8) is 0 Å². The largest absolute Gasteiger partial charge is 0.290 e. The second-order valence-corrected chi connectivity index (χ2v) is 2.16. The topological polar surface area (TPSA) is 55.1 Å². The van der Waals surface area contributed by atoms with Gasteiger partial charge in [0.15, 0.2) is 0 Å². The van der Waals surface area contributed by atoms with Crippen LogP contribution in [0.25, 0.3) is 0 Å². The van der Waals surface area contributed by atoms with Crippen LogP contribution in [0.4, 0.5) is 0 Å². The number of nitrogens with one attached hydrogen (secondary N) is 1. The lowest BCUT2D eigenvalue weighted by molar-refractivity contribution is -0.117. The maximum absolute atomic E-state index is 10.9. The summed E-state index contributed by atoms with van der Waals surface area (Å²) in [6.07, 6.45) is 10.0. The third kappa shape index (κ3) is 2.05. The van der Waals surface area contributed by atoms with Gasteiger partial charge in [-0.2, -0.15) is 0 Å². The van der Waals surface area contributed by atoms with Gasteiger partial charge in [0.2, 0.25) is 0 Å². The smallest absolute Gasteiger partial charge is 0.265 e. The highest BCUT2D eigenvalue weighted by Crippen LogP contribution is 2.03. The van der Waals surface area contributed by atoms with Crippen molar-refractivity contribution in [2.24, 2.45) is 5.84 Å². The van der Waals surface area contributed by atoms with Crippen LogP contribution in [0.1, 0.15) is 6.42 Å². The minimum Gasteiger partial charge on any atom is -0.290 e. The van der Waals surface area contributed by atoms with Crippen LogP contribution in [-0.2, 0) is 4.79 Å². The summed E-state index contributed by atoms with van der Waals surface area (Å²) < 4.78 is 0. The number of hydrazine groups is 1. The maximum Gasteiger partial charge on any atom is 0.265 e. The Hall–Kier alpha value is -1.35. The van der Waals surface area contributed by atoms with E-state index < -0.39 is 0 Å². The quantitative estimate of drug-likeness (QED) is 0.323. The molecule has 1 amide bonds. The summed E-state index contributed by atoms with van der Waals surface area (Å²) in [6, 6.07) is 0. The first-order valence-electron chi connectivity index (χ1n) is 3.39. The third-order valence-electron chi connectivity index (χ3n) is 1.37. The molecule has 0 heterocycles. The zero-order valence-electron chi connectivity index (χ0n) is 6.08. The summed E-state index contributed by atoms with van der Waals surface area (Å²) >= 11 is 0. The van der Waals surface area contributed by atoms with Crippen LogP contribution in [0.15, 0.2) is 36.0 Å². The van der Waals surface area contributed by atoms with Crippen LogP contribution in [-0.4, -0.2) is 5.91 Å². The fourth-order valence-corrected chi connectivity index (χ4v) is 0.814. The Morgan fingerprint density at radius 1 is 1.55 bits per heavy atom. The zero-order chi connectivity index (χ0) is 8.10. The van der Waals surface area contributed by atoms with Gasteiger partial charge in [-0.3, -0.25) is 10.2 Å². The lowest BCUT2D eigenvalue weighted by Crippen LogP contribution is -2.30. The molecule has 0 bridgehead atoms. The van der Waals surface area contributed by atoms with Crippen molar-refractivity contribution in [3.05, 3.63) is 36.0 Å². The monoisotopic (exact) mass is 150 g/mol. The highest BCUT2D eigenvalue weighted by molar-refractivity contribution is 5.96. The molecule has 3 heteroatoms. The minimum atomic E-state index is -0.257. The molecule has 0 atom stereocenters. The molecule has 0 saturated heterocycles. The van der Waals surface area contributed by atoms with Crippen molar-refractivity contribution in [2.45, 2.75) is 6.42 Å². The molecule has 58 valence electrons. The SMILES string of the molecule is NNC(=O)C1=CC=CCC=C1. The van der Waals surface area contributed by atoms with Gasteiger partial charge in [0.05, 0.1) is 0 Å². The van der Waals surface area contributed by atoms with Crippen LogP contribution >= 0.6 is 0 Å². The van der Waals surface area contributed by atoms with E-state index in [1.165, 1.54) is 0 Å². The molecule has 0 saturated carbocycles. The highest BCUT2D eigenvalue weighted by atomic mass is 16.2. The standard InChI is InChI=1S/C8H10N2O/c9-10-8(11)7-5-3-1-2-4-6-7/h1,3-6H,2,9H2,(H,10,11). The van der Waals surface area contributed by atoms with Gasteiger partial charge in [0.1, 0.15) is 0 Å². The van der Waals surface area contributed by atoms with E-state index in [4.69, 9.17) is 5.84 Å². The summed E-state index contributed by atoms with van der Waals surface area (Å²) in [5, 5.41) is 0. The van der Waals surface area contributed by atoms with Gasteiger partial charge in [0, 0.05) is 5.57 Å². The number of hydrogen-bond acceptors (Lipinski definition) is 2. The van der Waals surface area contributed by atoms with Gasteiger partial charge in [-0.05, 0) is 12.5 Å². The average Bonchev–Trinajstić information content (AvgIpc) is 2.30. The van der Waals surface area contributed by atoms with E-state index in [2.05, 4.69) is 5.43 Å². The number of carbonyl (C=O) groups is 1. The molecule has 0 fully saturated rings. The number of nitrogens with two attached hydrogens (primary N) is 1. The second kappa shape index (κ2) is 3.73. The Morgan fingerprint density at radius 2 is 2.36 bits per heavy atom. The number of hydrogen-bond donors (Lipinski definition) is 2. The first-order chi connectivity index (χ1) is 5.34. The van der Waals surface area contributed by atoms with E-state index in [0.717, 1.165) is 6.42 Å². The van der Waals surface area contributed by atoms with Gasteiger partial charge in [-0.25, -0.2) is 5.84 Å². The Morgan fingerprint density at radius 3 is 3.09 bits per heavy atom. The number of allylic oxidation sites excluding steroid dienone is 4. The second-order valence-electron chi connectivity index (χ2n) is 2.16. The predicted octanol–water partition coefficient (Wildman–Crippen LogP) is 0.419. The van der Waals surface area contributed by atoms with Crippen LogP contribution in [0.2, 0.25) is 0 Å². The molecule has 11 heavy (non-hydrogen) atoms. The fourth-order valence-electron chi connectivity index (χ4n) is 0.814. The molecule has 0 spiro atoms. The molecule has 3 N–H and O–H groups in total. The highest BCUT2D eigenvalue weighted by Gasteiger charge is 2.02. The summed E-state index contributed by atoms with van der Waals surface area (Å²) in [7, 11) is 0. The first-order valence-corrected chi connectivity index (χ1v) is 3.39. The first kappa shape index (κ1) is 7.75. The van der Waals surface area contributed by atoms with E-state index in [1.54, 1.807) is 12.2 Å². The molecular formula is C8H10N2O. The van der Waals surface area contributed by atoms with Gasteiger partial charge >= 0.3 is 0 Å². The van der Waals surface area contributed by atoms with Crippen molar-refractivity contribution in [3.8, 4) is 0 Å².